The summed E-state index contributed by atoms with van der Waals surface area (Å²) in [5.41, 5.74) is 6.33. The third kappa shape index (κ3) is 4.81. The van der Waals surface area contributed by atoms with Crippen LogP contribution in [0, 0.1) is 0 Å². The lowest BCUT2D eigenvalue weighted by molar-refractivity contribution is 0.285. The van der Waals surface area contributed by atoms with Gasteiger partial charge in [0.15, 0.2) is 0 Å². The highest BCUT2D eigenvalue weighted by molar-refractivity contribution is 9.10. The van der Waals surface area contributed by atoms with Gasteiger partial charge in [0, 0.05) is 10.7 Å². The van der Waals surface area contributed by atoms with Gasteiger partial charge in [-0.1, -0.05) is 0 Å². The lowest BCUT2D eigenvalue weighted by Crippen LogP contribution is -2.14. The quantitative estimate of drug-likeness (QED) is 0.815. The predicted octanol–water partition coefficient (Wildman–Crippen LogP) is 2.15. The van der Waals surface area contributed by atoms with Gasteiger partial charge in [-0.05, 0) is 55.5 Å². The van der Waals surface area contributed by atoms with Crippen molar-refractivity contribution in [2.45, 2.75) is 12.8 Å². The second-order valence-corrected chi connectivity index (χ2v) is 4.82. The van der Waals surface area contributed by atoms with E-state index in [9.17, 15) is 0 Å². The summed E-state index contributed by atoms with van der Waals surface area (Å²) in [5, 5.41) is 0. The molecule has 2 N–H and O–H groups in total. The van der Waals surface area contributed by atoms with Crippen molar-refractivity contribution in [2.75, 3.05) is 33.0 Å². The largest absolute Gasteiger partial charge is 0.476 e. The molecule has 0 amide bonds. The van der Waals surface area contributed by atoms with Gasteiger partial charge in [0.25, 0.3) is 0 Å². The van der Waals surface area contributed by atoms with E-state index in [-0.39, 0.29) is 0 Å². The molecule has 0 fully saturated rings. The van der Waals surface area contributed by atoms with Crippen LogP contribution in [-0.4, -0.2) is 37.1 Å². The summed E-state index contributed by atoms with van der Waals surface area (Å²) >= 11 is 3.30. The summed E-state index contributed by atoms with van der Waals surface area (Å²) < 4.78 is 6.36. The van der Waals surface area contributed by atoms with Gasteiger partial charge in [0.05, 0.1) is 12.3 Å². The minimum Gasteiger partial charge on any atom is -0.476 e. The third-order valence-corrected chi connectivity index (χ3v) is 2.52. The van der Waals surface area contributed by atoms with E-state index in [1.807, 2.05) is 0 Å². The van der Waals surface area contributed by atoms with Crippen LogP contribution in [0.4, 0.5) is 5.69 Å². The molecule has 0 spiro atoms. The molecule has 16 heavy (non-hydrogen) atoms. The lowest BCUT2D eigenvalue weighted by atomic mass is 10.3. The van der Waals surface area contributed by atoms with Gasteiger partial charge in [0.2, 0.25) is 5.88 Å². The molecule has 5 heteroatoms. The third-order valence-electron chi connectivity index (χ3n) is 2.08. The number of aromatic nitrogens is 1. The highest BCUT2D eigenvalue weighted by Crippen LogP contribution is 2.21. The fourth-order valence-corrected chi connectivity index (χ4v) is 1.61. The Morgan fingerprint density at radius 1 is 1.44 bits per heavy atom. The number of nitrogens with two attached hydrogens (primary N) is 1. The summed E-state index contributed by atoms with van der Waals surface area (Å²) in [6.07, 6.45) is 3.81. The average molecular weight is 288 g/mol. The van der Waals surface area contributed by atoms with Crippen LogP contribution in [0.2, 0.25) is 0 Å². The van der Waals surface area contributed by atoms with Crippen molar-refractivity contribution in [1.29, 1.82) is 0 Å². The number of nitrogen functional groups attached to an aromatic ring is 1. The minimum atomic E-state index is 0.521. The molecule has 1 aromatic heterocycles. The molecule has 0 atom stereocenters. The molecule has 4 nitrogen and oxygen atoms in total. The molecule has 1 rings (SSSR count). The van der Waals surface area contributed by atoms with E-state index < -0.39 is 0 Å². The van der Waals surface area contributed by atoms with Gasteiger partial charge in [-0.15, -0.1) is 0 Å². The lowest BCUT2D eigenvalue weighted by Gasteiger charge is -2.10. The van der Waals surface area contributed by atoms with Gasteiger partial charge in [-0.2, -0.15) is 0 Å². The monoisotopic (exact) mass is 287 g/mol. The summed E-state index contributed by atoms with van der Waals surface area (Å²) in [5.74, 6) is 0.521. The predicted molar refractivity (Wildman–Crippen MR) is 69.6 cm³/mol. The van der Waals surface area contributed by atoms with E-state index >= 15 is 0 Å². The minimum absolute atomic E-state index is 0.521. The first-order valence-corrected chi connectivity index (χ1v) is 6.07. The van der Waals surface area contributed by atoms with E-state index in [0.717, 1.165) is 23.9 Å². The maximum Gasteiger partial charge on any atom is 0.237 e. The molecule has 90 valence electrons. The standard InChI is InChI=1S/C11H18BrN3O/c1-15(2)5-3-4-6-16-11-10(13)7-9(12)8-14-11/h7-8H,3-6,13H2,1-2H3. The number of halogens is 1. The molecular weight excluding hydrogens is 270 g/mol. The molecule has 0 aromatic carbocycles. The zero-order chi connectivity index (χ0) is 12.0. The van der Waals surface area contributed by atoms with Crippen LogP contribution in [0.3, 0.4) is 0 Å². The van der Waals surface area contributed by atoms with Gasteiger partial charge in [-0.3, -0.25) is 0 Å². The summed E-state index contributed by atoms with van der Waals surface area (Å²) in [4.78, 5) is 6.27. The highest BCUT2D eigenvalue weighted by atomic mass is 79.9. The van der Waals surface area contributed by atoms with Crippen LogP contribution >= 0.6 is 15.9 Å². The number of hydrogen-bond acceptors (Lipinski definition) is 4. The Morgan fingerprint density at radius 2 is 2.19 bits per heavy atom. The maximum atomic E-state index is 5.76. The van der Waals surface area contributed by atoms with E-state index in [2.05, 4.69) is 39.9 Å². The van der Waals surface area contributed by atoms with Gasteiger partial charge in [0.1, 0.15) is 0 Å². The Kier molecular flexibility index (Phi) is 5.55. The fraction of sp³-hybridized carbons (Fsp3) is 0.545. The average Bonchev–Trinajstić information content (AvgIpc) is 2.20. The Hall–Kier alpha value is -0.810. The van der Waals surface area contributed by atoms with Crippen molar-refractivity contribution < 1.29 is 4.74 Å². The van der Waals surface area contributed by atoms with Crippen molar-refractivity contribution in [3.8, 4) is 5.88 Å². The van der Waals surface area contributed by atoms with Crippen LogP contribution in [0.1, 0.15) is 12.8 Å². The molecule has 0 saturated heterocycles. The Morgan fingerprint density at radius 3 is 2.81 bits per heavy atom. The van der Waals surface area contributed by atoms with E-state index in [1.165, 1.54) is 0 Å². The molecular formula is C11H18BrN3O. The first kappa shape index (κ1) is 13.3. The van der Waals surface area contributed by atoms with Gasteiger partial charge in [-0.25, -0.2) is 4.98 Å². The Labute approximate surface area is 105 Å². The van der Waals surface area contributed by atoms with Crippen LogP contribution in [0.15, 0.2) is 16.7 Å². The highest BCUT2D eigenvalue weighted by Gasteiger charge is 2.02. The van der Waals surface area contributed by atoms with Crippen molar-refractivity contribution in [1.82, 2.24) is 9.88 Å². The normalized spacial score (nSPS) is 10.8. The molecule has 1 heterocycles. The van der Waals surface area contributed by atoms with Gasteiger partial charge >= 0.3 is 0 Å². The summed E-state index contributed by atoms with van der Waals surface area (Å²) in [6, 6.07) is 1.79. The van der Waals surface area contributed by atoms with E-state index in [0.29, 0.717) is 18.2 Å². The summed E-state index contributed by atoms with van der Waals surface area (Å²) in [7, 11) is 4.13. The molecule has 0 aliphatic rings. The Balaban J connectivity index is 2.27. The second kappa shape index (κ2) is 6.70. The number of nitrogens with zero attached hydrogens (tertiary/aromatic N) is 2. The van der Waals surface area contributed by atoms with Crippen LogP contribution in [0.25, 0.3) is 0 Å². The molecule has 0 radical (unpaired) electrons. The van der Waals surface area contributed by atoms with Crippen LogP contribution < -0.4 is 10.5 Å². The molecule has 0 aliphatic carbocycles. The molecule has 0 saturated carbocycles. The molecule has 0 aliphatic heterocycles. The van der Waals surface area contributed by atoms with Gasteiger partial charge < -0.3 is 15.4 Å². The number of anilines is 1. The summed E-state index contributed by atoms with van der Waals surface area (Å²) in [6.45, 7) is 1.74. The van der Waals surface area contributed by atoms with Crippen molar-refractivity contribution >= 4 is 21.6 Å². The second-order valence-electron chi connectivity index (χ2n) is 3.91. The number of hydrogen-bond donors (Lipinski definition) is 1. The first-order valence-electron chi connectivity index (χ1n) is 5.28. The first-order chi connectivity index (χ1) is 7.59. The van der Waals surface area contributed by atoms with Crippen molar-refractivity contribution in [3.05, 3.63) is 16.7 Å². The number of pyridine rings is 1. The maximum absolute atomic E-state index is 5.76. The van der Waals surface area contributed by atoms with Crippen molar-refractivity contribution in [3.63, 3.8) is 0 Å². The van der Waals surface area contributed by atoms with Crippen molar-refractivity contribution in [2.24, 2.45) is 0 Å². The topological polar surface area (TPSA) is 51.4 Å². The SMILES string of the molecule is CN(C)CCCCOc1ncc(Br)cc1N. The van der Waals surface area contributed by atoms with Crippen LogP contribution in [-0.2, 0) is 0 Å². The molecule has 0 bridgehead atoms. The number of unbranched alkanes of at least 4 members (excludes halogenated alkanes) is 1. The number of ether oxygens (including phenoxy) is 1. The zero-order valence-electron chi connectivity index (χ0n) is 9.74. The molecule has 0 unspecified atom stereocenters. The van der Waals surface area contributed by atoms with E-state index in [4.69, 9.17) is 10.5 Å². The van der Waals surface area contributed by atoms with Crippen LogP contribution in [0.5, 0.6) is 5.88 Å². The zero-order valence-corrected chi connectivity index (χ0v) is 11.3. The van der Waals surface area contributed by atoms with E-state index in [1.54, 1.807) is 12.3 Å². The smallest absolute Gasteiger partial charge is 0.237 e. The number of rotatable bonds is 6. The molecule has 1 aromatic rings. The fourth-order valence-electron chi connectivity index (χ4n) is 1.26. The Bertz CT molecular complexity index is 331.